The Morgan fingerprint density at radius 3 is 2.22 bits per heavy atom. The number of rotatable bonds is 4. The summed E-state index contributed by atoms with van der Waals surface area (Å²) in [7, 11) is 0. The lowest BCUT2D eigenvalue weighted by molar-refractivity contribution is 0.0679. The highest BCUT2D eigenvalue weighted by Crippen LogP contribution is 2.37. The molecule has 1 aromatic heterocycles. The monoisotopic (exact) mass is 546 g/mol. The maximum absolute atomic E-state index is 13.5. The molecule has 1 saturated heterocycles. The van der Waals surface area contributed by atoms with Gasteiger partial charge in [0.05, 0.1) is 22.2 Å². The van der Waals surface area contributed by atoms with Gasteiger partial charge in [-0.25, -0.2) is 9.97 Å². The zero-order valence-corrected chi connectivity index (χ0v) is 21.9. The molecule has 0 spiro atoms. The quantitative estimate of drug-likeness (QED) is 0.266. The van der Waals surface area contributed by atoms with E-state index in [4.69, 9.17) is 39.8 Å². The molecule has 0 saturated carbocycles. The molecule has 37 heavy (non-hydrogen) atoms. The average molecular weight is 548 g/mol. The molecule has 8 heteroatoms. The van der Waals surface area contributed by atoms with Crippen LogP contribution in [0.5, 0.6) is 0 Å². The summed E-state index contributed by atoms with van der Waals surface area (Å²) in [6, 6.07) is 24.7. The van der Waals surface area contributed by atoms with Crippen molar-refractivity contribution < 1.29 is 4.79 Å². The van der Waals surface area contributed by atoms with Crippen molar-refractivity contribution >= 4 is 40.7 Å². The smallest absolute Gasteiger partial charge is 0.291 e. The van der Waals surface area contributed by atoms with Crippen molar-refractivity contribution in [2.45, 2.75) is 18.3 Å². The van der Waals surface area contributed by atoms with Gasteiger partial charge in [-0.1, -0.05) is 77.3 Å². The van der Waals surface area contributed by atoms with Gasteiger partial charge in [-0.3, -0.25) is 4.79 Å². The first-order valence-corrected chi connectivity index (χ1v) is 12.9. The molecule has 0 radical (unpaired) electrons. The van der Waals surface area contributed by atoms with E-state index in [1.807, 2.05) is 42.5 Å². The fraction of sp³-hybridized carbons (Fsp3) is 0.172. The van der Waals surface area contributed by atoms with Crippen LogP contribution in [0.1, 0.15) is 29.0 Å². The Morgan fingerprint density at radius 2 is 1.57 bits per heavy atom. The second kappa shape index (κ2) is 10.5. The van der Waals surface area contributed by atoms with Gasteiger partial charge < -0.3 is 4.90 Å². The second-order valence-corrected chi connectivity index (χ2v) is 10.2. The molecule has 2 heterocycles. The summed E-state index contributed by atoms with van der Waals surface area (Å²) in [4.78, 5) is 24.3. The molecule has 0 bridgehead atoms. The largest absolute Gasteiger partial charge is 0.336 e. The number of hydrogen-bond donors (Lipinski definition) is 0. The highest BCUT2D eigenvalue weighted by Gasteiger charge is 2.38. The zero-order chi connectivity index (χ0) is 26.0. The van der Waals surface area contributed by atoms with Gasteiger partial charge in [0.1, 0.15) is 0 Å². The Morgan fingerprint density at radius 1 is 0.892 bits per heavy atom. The molecule has 184 valence electrons. The number of aromatic nitrogens is 2. The summed E-state index contributed by atoms with van der Waals surface area (Å²) in [6.45, 7) is 0.862. The highest BCUT2D eigenvalue weighted by atomic mass is 35.5. The van der Waals surface area contributed by atoms with Gasteiger partial charge in [-0.05, 0) is 54.3 Å². The number of halogens is 3. The van der Waals surface area contributed by atoms with E-state index in [9.17, 15) is 10.1 Å². The van der Waals surface area contributed by atoms with Crippen LogP contribution in [0.3, 0.4) is 0 Å². The first-order chi connectivity index (χ1) is 17.9. The molecule has 4 aromatic rings. The normalized spacial score (nSPS) is 14.7. The Labute approximate surface area is 230 Å². The van der Waals surface area contributed by atoms with Crippen molar-refractivity contribution in [1.82, 2.24) is 14.9 Å². The predicted octanol–water partition coefficient (Wildman–Crippen LogP) is 7.47. The van der Waals surface area contributed by atoms with Crippen LogP contribution in [0.15, 0.2) is 79.0 Å². The molecule has 0 N–H and O–H groups in total. The average Bonchev–Trinajstić information content (AvgIpc) is 2.93. The number of nitrogens with zero attached hydrogens (tertiary/aromatic N) is 4. The van der Waals surface area contributed by atoms with E-state index in [0.717, 1.165) is 11.1 Å². The van der Waals surface area contributed by atoms with E-state index in [1.165, 1.54) is 0 Å². The van der Waals surface area contributed by atoms with Crippen molar-refractivity contribution in [3.63, 3.8) is 0 Å². The van der Waals surface area contributed by atoms with Crippen LogP contribution < -0.4 is 0 Å². The Hall–Kier alpha value is -3.43. The number of amides is 1. The van der Waals surface area contributed by atoms with E-state index in [1.54, 1.807) is 41.4 Å². The third-order valence-electron chi connectivity index (χ3n) is 6.77. The van der Waals surface area contributed by atoms with Gasteiger partial charge in [0.15, 0.2) is 0 Å². The van der Waals surface area contributed by atoms with E-state index in [2.05, 4.69) is 11.1 Å². The van der Waals surface area contributed by atoms with E-state index in [-0.39, 0.29) is 11.7 Å². The maximum Gasteiger partial charge on any atom is 0.291 e. The van der Waals surface area contributed by atoms with Gasteiger partial charge in [0.2, 0.25) is 5.82 Å². The van der Waals surface area contributed by atoms with Crippen molar-refractivity contribution in [2.24, 2.45) is 0 Å². The lowest BCUT2D eigenvalue weighted by Gasteiger charge is -2.37. The lowest BCUT2D eigenvalue weighted by atomic mass is 9.74. The third kappa shape index (κ3) is 5.06. The minimum Gasteiger partial charge on any atom is -0.336 e. The van der Waals surface area contributed by atoms with Crippen molar-refractivity contribution in [3.8, 4) is 28.5 Å². The van der Waals surface area contributed by atoms with Gasteiger partial charge in [-0.15, -0.1) is 0 Å². The number of nitriles is 1. The predicted molar refractivity (Wildman–Crippen MR) is 147 cm³/mol. The number of carbonyl (C=O) groups is 1. The van der Waals surface area contributed by atoms with Gasteiger partial charge >= 0.3 is 0 Å². The van der Waals surface area contributed by atoms with Crippen LogP contribution >= 0.6 is 34.8 Å². The van der Waals surface area contributed by atoms with E-state index >= 15 is 0 Å². The standard InChI is InChI=1S/C29H21Cl3N4O/c30-21-8-6-19(7-9-21)24-17-34-27(35-26(24)23-11-10-22(31)16-25(23)32)28(37)36-14-12-29(18-33,13-15-36)20-4-2-1-3-5-20/h1-11,16-17H,12-15H2. The second-order valence-electron chi connectivity index (χ2n) is 8.94. The lowest BCUT2D eigenvalue weighted by Crippen LogP contribution is -2.45. The topological polar surface area (TPSA) is 69.9 Å². The van der Waals surface area contributed by atoms with E-state index < -0.39 is 5.41 Å². The Kier molecular flexibility index (Phi) is 7.17. The summed E-state index contributed by atoms with van der Waals surface area (Å²) in [5.41, 5.74) is 3.08. The number of piperidine rings is 1. The molecule has 1 amide bonds. The summed E-state index contributed by atoms with van der Waals surface area (Å²) in [5, 5.41) is 11.5. The van der Waals surface area contributed by atoms with Crippen molar-refractivity contribution in [2.75, 3.05) is 13.1 Å². The van der Waals surface area contributed by atoms with Crippen LogP contribution in [-0.4, -0.2) is 33.9 Å². The maximum atomic E-state index is 13.5. The fourth-order valence-electron chi connectivity index (χ4n) is 4.67. The Bertz CT molecular complexity index is 1490. The molecule has 5 nitrogen and oxygen atoms in total. The molecule has 1 fully saturated rings. The summed E-state index contributed by atoms with van der Waals surface area (Å²) in [6.07, 6.45) is 2.72. The first-order valence-electron chi connectivity index (χ1n) is 11.7. The molecule has 0 atom stereocenters. The van der Waals surface area contributed by atoms with Crippen molar-refractivity contribution in [3.05, 3.63) is 105 Å². The molecule has 5 rings (SSSR count). The van der Waals surface area contributed by atoms with Gasteiger partial charge in [0, 0.05) is 40.5 Å². The number of hydrogen-bond acceptors (Lipinski definition) is 4. The van der Waals surface area contributed by atoms with Crippen LogP contribution in [0, 0.1) is 11.3 Å². The minimum atomic E-state index is -0.612. The highest BCUT2D eigenvalue weighted by molar-refractivity contribution is 6.36. The van der Waals surface area contributed by atoms with Crippen LogP contribution in [0.25, 0.3) is 22.4 Å². The molecular weight excluding hydrogens is 527 g/mol. The number of carbonyl (C=O) groups excluding carboxylic acids is 1. The fourth-order valence-corrected chi connectivity index (χ4v) is 5.29. The number of likely N-dealkylation sites (tertiary alicyclic amines) is 1. The Balaban J connectivity index is 1.48. The molecule has 0 aliphatic carbocycles. The molecular formula is C29H21Cl3N4O. The third-order valence-corrected chi connectivity index (χ3v) is 7.57. The SMILES string of the molecule is N#CC1(c2ccccc2)CCN(C(=O)c2ncc(-c3ccc(Cl)cc3)c(-c3ccc(Cl)cc3Cl)n2)CC1. The summed E-state index contributed by atoms with van der Waals surface area (Å²) in [5.74, 6) is -0.212. The van der Waals surface area contributed by atoms with Crippen molar-refractivity contribution in [1.29, 1.82) is 5.26 Å². The molecule has 3 aromatic carbocycles. The molecule has 0 unspecified atom stereocenters. The number of benzene rings is 3. The van der Waals surface area contributed by atoms with Crippen LogP contribution in [0.4, 0.5) is 0 Å². The molecule has 1 aliphatic rings. The van der Waals surface area contributed by atoms with Crippen LogP contribution in [-0.2, 0) is 5.41 Å². The van der Waals surface area contributed by atoms with Gasteiger partial charge in [-0.2, -0.15) is 5.26 Å². The summed E-state index contributed by atoms with van der Waals surface area (Å²) < 4.78 is 0. The molecule has 1 aliphatic heterocycles. The first kappa shape index (κ1) is 25.2. The van der Waals surface area contributed by atoms with E-state index in [0.29, 0.717) is 57.8 Å². The van der Waals surface area contributed by atoms with Gasteiger partial charge in [0.25, 0.3) is 5.91 Å². The minimum absolute atomic E-state index is 0.0721. The zero-order valence-electron chi connectivity index (χ0n) is 19.7. The van der Waals surface area contributed by atoms with Crippen LogP contribution in [0.2, 0.25) is 15.1 Å². The summed E-state index contributed by atoms with van der Waals surface area (Å²) >= 11 is 18.8.